The Labute approximate surface area is 161 Å². The van der Waals surface area contributed by atoms with E-state index in [1.54, 1.807) is 22.7 Å². The van der Waals surface area contributed by atoms with Gasteiger partial charge in [-0.05, 0) is 35.4 Å². The Kier molecular flexibility index (Phi) is 6.96. The number of nitrogens with one attached hydrogen (secondary N) is 1. The predicted octanol–water partition coefficient (Wildman–Crippen LogP) is 4.29. The van der Waals surface area contributed by atoms with Gasteiger partial charge in [-0.15, -0.1) is 0 Å². The van der Waals surface area contributed by atoms with Crippen LogP contribution in [0.15, 0.2) is 69.1 Å². The summed E-state index contributed by atoms with van der Waals surface area (Å²) in [5, 5.41) is 26.2. The molecule has 4 nitrogen and oxygen atoms in total. The number of aliphatic hydroxyl groups excluding tert-OH is 1. The Morgan fingerprint density at radius 1 is 1.08 bits per heavy atom. The van der Waals surface area contributed by atoms with Crippen molar-refractivity contribution in [2.75, 3.05) is 13.2 Å². The van der Waals surface area contributed by atoms with Crippen LogP contribution in [0.2, 0.25) is 0 Å². The number of benzene rings is 1. The van der Waals surface area contributed by atoms with Crippen molar-refractivity contribution in [2.24, 2.45) is 5.16 Å². The summed E-state index contributed by atoms with van der Waals surface area (Å²) in [4.78, 5) is 5.53. The first-order chi connectivity index (χ1) is 12.8. The molecule has 3 aromatic rings. The van der Waals surface area contributed by atoms with Gasteiger partial charge in [-0.2, -0.15) is 22.7 Å². The minimum atomic E-state index is -0.549. The lowest BCUT2D eigenvalue weighted by molar-refractivity contribution is 0.115. The molecule has 0 radical (unpaired) electrons. The molecule has 2 unspecified atom stereocenters. The Morgan fingerprint density at radius 2 is 1.73 bits per heavy atom. The first-order valence-electron chi connectivity index (χ1n) is 8.47. The Balaban J connectivity index is 1.50. The molecule has 0 bridgehead atoms. The van der Waals surface area contributed by atoms with Gasteiger partial charge in [0.05, 0.1) is 6.10 Å². The molecule has 0 saturated carbocycles. The summed E-state index contributed by atoms with van der Waals surface area (Å²) < 4.78 is 0. The average molecular weight is 387 g/mol. The number of hydrogen-bond acceptors (Lipinski definition) is 6. The van der Waals surface area contributed by atoms with E-state index in [0.29, 0.717) is 13.2 Å². The molecule has 2 heterocycles. The lowest BCUT2D eigenvalue weighted by atomic mass is 10.0. The lowest BCUT2D eigenvalue weighted by Gasteiger charge is -2.20. The van der Waals surface area contributed by atoms with Crippen LogP contribution in [0.3, 0.4) is 0 Å². The summed E-state index contributed by atoms with van der Waals surface area (Å²) in [6.45, 7) is 3.00. The normalized spacial score (nSPS) is 13.2. The van der Waals surface area contributed by atoms with Gasteiger partial charge in [0.25, 0.3) is 0 Å². The summed E-state index contributed by atoms with van der Waals surface area (Å²) in [6, 6.07) is 13.7. The van der Waals surface area contributed by atoms with Gasteiger partial charge < -0.3 is 15.3 Å². The van der Waals surface area contributed by atoms with Crippen molar-refractivity contribution in [1.82, 2.24) is 5.32 Å². The molecule has 0 fully saturated rings. The molecule has 26 heavy (non-hydrogen) atoms. The smallest absolute Gasteiger partial charge is 0.129 e. The fourth-order valence-corrected chi connectivity index (χ4v) is 3.84. The number of aliphatic hydroxyl groups is 1. The molecular formula is C20H22N2O2S2. The van der Waals surface area contributed by atoms with Gasteiger partial charge in [-0.1, -0.05) is 35.5 Å². The predicted molar refractivity (Wildman–Crippen MR) is 109 cm³/mol. The third-order valence-electron chi connectivity index (χ3n) is 4.02. The number of rotatable bonds is 9. The Bertz CT molecular complexity index is 750. The van der Waals surface area contributed by atoms with Gasteiger partial charge in [0.2, 0.25) is 0 Å². The quantitative estimate of drug-likeness (QED) is 0.328. The van der Waals surface area contributed by atoms with E-state index >= 15 is 0 Å². The monoisotopic (exact) mass is 386 g/mol. The van der Waals surface area contributed by atoms with Crippen LogP contribution in [0.25, 0.3) is 0 Å². The van der Waals surface area contributed by atoms with E-state index in [-0.39, 0.29) is 6.04 Å². The third-order valence-corrected chi connectivity index (χ3v) is 5.39. The summed E-state index contributed by atoms with van der Waals surface area (Å²) in [7, 11) is 0. The molecule has 3 rings (SSSR count). The second kappa shape index (κ2) is 9.64. The summed E-state index contributed by atoms with van der Waals surface area (Å²) in [6.07, 6.45) is -0.549. The van der Waals surface area contributed by atoms with E-state index in [4.69, 9.17) is 4.84 Å². The minimum absolute atomic E-state index is 0.0711. The highest BCUT2D eigenvalue weighted by Crippen LogP contribution is 2.17. The third kappa shape index (κ3) is 5.02. The van der Waals surface area contributed by atoms with Crippen molar-refractivity contribution >= 4 is 28.4 Å². The van der Waals surface area contributed by atoms with Gasteiger partial charge in [-0.3, -0.25) is 0 Å². The van der Waals surface area contributed by atoms with Gasteiger partial charge in [0, 0.05) is 34.5 Å². The fourth-order valence-electron chi connectivity index (χ4n) is 2.56. The van der Waals surface area contributed by atoms with Gasteiger partial charge in [0.15, 0.2) is 0 Å². The first kappa shape index (κ1) is 18.8. The maximum atomic E-state index is 10.4. The van der Waals surface area contributed by atoms with Crippen LogP contribution in [0, 0.1) is 0 Å². The zero-order chi connectivity index (χ0) is 18.2. The molecule has 0 amide bonds. The van der Waals surface area contributed by atoms with Crippen LogP contribution in [-0.4, -0.2) is 30.0 Å². The lowest BCUT2D eigenvalue weighted by Crippen LogP contribution is -2.34. The minimum Gasteiger partial charge on any atom is -0.394 e. The number of nitrogens with zero attached hydrogens (tertiary/aromatic N) is 1. The zero-order valence-corrected chi connectivity index (χ0v) is 16.2. The summed E-state index contributed by atoms with van der Waals surface area (Å²) >= 11 is 3.28. The van der Waals surface area contributed by atoms with Crippen molar-refractivity contribution in [3.05, 3.63) is 80.7 Å². The highest BCUT2D eigenvalue weighted by molar-refractivity contribution is 7.08. The molecule has 6 heteroatoms. The average Bonchev–Trinajstić information content (AvgIpc) is 3.38. The van der Waals surface area contributed by atoms with Crippen molar-refractivity contribution in [1.29, 1.82) is 0 Å². The van der Waals surface area contributed by atoms with E-state index in [0.717, 1.165) is 22.4 Å². The van der Waals surface area contributed by atoms with Crippen LogP contribution < -0.4 is 5.32 Å². The molecule has 2 aromatic heterocycles. The van der Waals surface area contributed by atoms with Crippen LogP contribution in [0.4, 0.5) is 0 Å². The van der Waals surface area contributed by atoms with E-state index in [9.17, 15) is 5.11 Å². The van der Waals surface area contributed by atoms with Crippen LogP contribution in [0.1, 0.15) is 29.7 Å². The largest absolute Gasteiger partial charge is 0.394 e. The summed E-state index contributed by atoms with van der Waals surface area (Å²) in [5.41, 5.74) is 3.89. The maximum absolute atomic E-state index is 10.4. The molecule has 2 N–H and O–H groups in total. The van der Waals surface area contributed by atoms with Crippen molar-refractivity contribution in [2.45, 2.75) is 19.1 Å². The van der Waals surface area contributed by atoms with Crippen molar-refractivity contribution < 1.29 is 9.94 Å². The van der Waals surface area contributed by atoms with Crippen LogP contribution in [0.5, 0.6) is 0 Å². The highest BCUT2D eigenvalue weighted by Gasteiger charge is 2.15. The molecule has 0 spiro atoms. The fraction of sp³-hybridized carbons (Fsp3) is 0.250. The number of hydrogen-bond donors (Lipinski definition) is 2. The molecule has 1 aromatic carbocycles. The Hall–Kier alpha value is -1.99. The van der Waals surface area contributed by atoms with Gasteiger partial charge >= 0.3 is 0 Å². The topological polar surface area (TPSA) is 53.8 Å². The molecule has 2 atom stereocenters. The molecular weight excluding hydrogens is 364 g/mol. The number of oxime groups is 1. The molecule has 0 aliphatic heterocycles. The highest BCUT2D eigenvalue weighted by atomic mass is 32.1. The molecule has 0 aliphatic rings. The van der Waals surface area contributed by atoms with E-state index < -0.39 is 6.10 Å². The van der Waals surface area contributed by atoms with Crippen LogP contribution in [-0.2, 0) is 4.84 Å². The maximum Gasteiger partial charge on any atom is 0.129 e. The second-order valence-electron chi connectivity index (χ2n) is 5.90. The SMILES string of the molecule is CC(NCCON=C(c1ccsc1)c1ccsc1)C(O)c1ccccc1. The van der Waals surface area contributed by atoms with E-state index in [1.165, 1.54) is 0 Å². The molecule has 0 aliphatic carbocycles. The zero-order valence-electron chi connectivity index (χ0n) is 14.5. The van der Waals surface area contributed by atoms with Crippen molar-refractivity contribution in [3.8, 4) is 0 Å². The van der Waals surface area contributed by atoms with Crippen LogP contribution >= 0.6 is 22.7 Å². The van der Waals surface area contributed by atoms with Gasteiger partial charge in [0.1, 0.15) is 12.3 Å². The van der Waals surface area contributed by atoms with E-state index in [2.05, 4.69) is 21.2 Å². The van der Waals surface area contributed by atoms with Gasteiger partial charge in [-0.25, -0.2) is 0 Å². The Morgan fingerprint density at radius 3 is 2.31 bits per heavy atom. The van der Waals surface area contributed by atoms with E-state index in [1.807, 2.05) is 60.1 Å². The first-order valence-corrected chi connectivity index (χ1v) is 10.4. The molecule has 0 saturated heterocycles. The molecule has 136 valence electrons. The van der Waals surface area contributed by atoms with Crippen molar-refractivity contribution in [3.63, 3.8) is 0 Å². The second-order valence-corrected chi connectivity index (χ2v) is 7.46. The standard InChI is InChI=1S/C20H22N2O2S2/c1-15(20(23)16-5-3-2-4-6-16)21-9-10-24-22-19(17-7-11-25-13-17)18-8-12-26-14-18/h2-8,11-15,20-21,23H,9-10H2,1H3. The number of thiophene rings is 2. The summed E-state index contributed by atoms with van der Waals surface area (Å²) in [5.74, 6) is 0.